The summed E-state index contributed by atoms with van der Waals surface area (Å²) in [6.45, 7) is 6.81. The maximum atomic E-state index is 2.39. The van der Waals surface area contributed by atoms with Gasteiger partial charge in [-0.05, 0) is 37.3 Å². The first-order chi connectivity index (χ1) is 5.70. The molecule has 2 rings (SSSR count). The van der Waals surface area contributed by atoms with E-state index in [0.717, 1.165) is 5.25 Å². The molecule has 0 nitrogen and oxygen atoms in total. The van der Waals surface area contributed by atoms with Crippen molar-refractivity contribution in [1.29, 1.82) is 0 Å². The highest BCUT2D eigenvalue weighted by Gasteiger charge is 2.22. The van der Waals surface area contributed by atoms with Gasteiger partial charge in [0.2, 0.25) is 0 Å². The monoisotopic (exact) mass is 178 g/mol. The van der Waals surface area contributed by atoms with E-state index in [2.05, 4.69) is 45.1 Å². The molecule has 0 aromatic rings. The second kappa shape index (κ2) is 2.74. The Morgan fingerprint density at radius 1 is 1.42 bits per heavy atom. The molecule has 0 bridgehead atoms. The Kier molecular flexibility index (Phi) is 1.84. The summed E-state index contributed by atoms with van der Waals surface area (Å²) in [5, 5.41) is 0.723. The van der Waals surface area contributed by atoms with Gasteiger partial charge in [-0.25, -0.2) is 0 Å². The maximum absolute atomic E-state index is 2.39. The molecule has 2 aliphatic rings. The smallest absolute Gasteiger partial charge is 0.0201 e. The van der Waals surface area contributed by atoms with Crippen molar-refractivity contribution in [2.24, 2.45) is 0 Å². The van der Waals surface area contributed by atoms with Crippen LogP contribution in [-0.2, 0) is 0 Å². The maximum Gasteiger partial charge on any atom is 0.0201 e. The van der Waals surface area contributed by atoms with Crippen molar-refractivity contribution in [2.45, 2.75) is 26.0 Å². The van der Waals surface area contributed by atoms with E-state index >= 15 is 0 Å². The van der Waals surface area contributed by atoms with Gasteiger partial charge in [0.05, 0.1) is 0 Å². The van der Waals surface area contributed by atoms with E-state index in [4.69, 9.17) is 0 Å². The van der Waals surface area contributed by atoms with E-state index in [1.165, 1.54) is 5.57 Å². The van der Waals surface area contributed by atoms with Gasteiger partial charge >= 0.3 is 0 Å². The van der Waals surface area contributed by atoms with Gasteiger partial charge < -0.3 is 0 Å². The molecule has 0 N–H and O–H groups in total. The van der Waals surface area contributed by atoms with Crippen LogP contribution in [0.1, 0.15) is 20.8 Å². The fourth-order valence-electron chi connectivity index (χ4n) is 1.87. The second-order valence-corrected chi connectivity index (χ2v) is 6.14. The van der Waals surface area contributed by atoms with Crippen LogP contribution >= 0.6 is 10.5 Å². The van der Waals surface area contributed by atoms with Crippen LogP contribution in [0, 0.1) is 0 Å². The molecule has 1 heteroatoms. The quantitative estimate of drug-likeness (QED) is 0.499. The fourth-order valence-corrected chi connectivity index (χ4v) is 4.35. The number of rotatable bonds is 0. The molecule has 0 fully saturated rings. The van der Waals surface area contributed by atoms with Gasteiger partial charge in [0, 0.05) is 10.2 Å². The van der Waals surface area contributed by atoms with E-state index in [1.807, 2.05) is 0 Å². The minimum Gasteiger partial charge on any atom is -0.149 e. The topological polar surface area (TPSA) is 0 Å². The van der Waals surface area contributed by atoms with Gasteiger partial charge in [-0.1, -0.05) is 18.2 Å². The van der Waals surface area contributed by atoms with Crippen LogP contribution in [0.25, 0.3) is 0 Å². The number of hydrogen-bond donors (Lipinski definition) is 0. The molecule has 0 aromatic carbocycles. The highest BCUT2D eigenvalue weighted by atomic mass is 32.2. The molecule has 2 unspecified atom stereocenters. The number of fused-ring (bicyclic) bond motifs is 1. The lowest BCUT2D eigenvalue weighted by Gasteiger charge is -2.10. The molecule has 0 aromatic heterocycles. The molecule has 12 heavy (non-hydrogen) atoms. The minimum atomic E-state index is 0.394. The molecule has 1 aliphatic heterocycles. The molecule has 1 aliphatic carbocycles. The SMILES string of the molecule is CC(C)=S1C2=CC=CC2=CC1C. The van der Waals surface area contributed by atoms with Crippen molar-refractivity contribution in [3.8, 4) is 0 Å². The second-order valence-electron chi connectivity index (χ2n) is 3.46. The first kappa shape index (κ1) is 8.06. The Morgan fingerprint density at radius 2 is 2.17 bits per heavy atom. The van der Waals surface area contributed by atoms with Crippen molar-refractivity contribution < 1.29 is 0 Å². The molecule has 1 heterocycles. The average Bonchev–Trinajstić information content (AvgIpc) is 2.44. The van der Waals surface area contributed by atoms with Crippen molar-refractivity contribution in [1.82, 2.24) is 0 Å². The Morgan fingerprint density at radius 3 is 2.83 bits per heavy atom. The van der Waals surface area contributed by atoms with Gasteiger partial charge in [0.15, 0.2) is 0 Å². The summed E-state index contributed by atoms with van der Waals surface area (Å²) in [4.78, 5) is 3.12. The first-order valence-electron chi connectivity index (χ1n) is 4.34. The predicted molar refractivity (Wildman–Crippen MR) is 58.7 cm³/mol. The summed E-state index contributed by atoms with van der Waals surface area (Å²) in [6, 6.07) is 0. The van der Waals surface area contributed by atoms with E-state index in [-0.39, 0.29) is 0 Å². The van der Waals surface area contributed by atoms with Crippen LogP contribution in [0.4, 0.5) is 0 Å². The molecule has 0 saturated carbocycles. The molecule has 2 atom stereocenters. The van der Waals surface area contributed by atoms with Gasteiger partial charge in [-0.3, -0.25) is 0 Å². The Bertz CT molecular complexity index is 336. The molecule has 64 valence electrons. The summed E-state index contributed by atoms with van der Waals surface area (Å²) in [6.07, 6.45) is 9.05. The molecule has 0 radical (unpaired) electrons. The third-order valence-corrected chi connectivity index (χ3v) is 4.88. The normalized spacial score (nSPS) is 31.6. The van der Waals surface area contributed by atoms with Crippen molar-refractivity contribution >= 4 is 15.3 Å². The van der Waals surface area contributed by atoms with Crippen LogP contribution in [0.2, 0.25) is 0 Å². The predicted octanol–water partition coefficient (Wildman–Crippen LogP) is 3.25. The van der Waals surface area contributed by atoms with Crippen molar-refractivity contribution in [2.75, 3.05) is 0 Å². The lowest BCUT2D eigenvalue weighted by Crippen LogP contribution is -1.94. The summed E-state index contributed by atoms with van der Waals surface area (Å²) in [5.41, 5.74) is 1.46. The van der Waals surface area contributed by atoms with Gasteiger partial charge in [-0.2, -0.15) is 0 Å². The molecule has 0 saturated heterocycles. The van der Waals surface area contributed by atoms with E-state index in [0.29, 0.717) is 10.5 Å². The minimum absolute atomic E-state index is 0.394. The first-order valence-corrected chi connectivity index (χ1v) is 5.63. The van der Waals surface area contributed by atoms with E-state index in [9.17, 15) is 0 Å². The summed E-state index contributed by atoms with van der Waals surface area (Å²) < 4.78 is 0. The zero-order chi connectivity index (χ0) is 8.72. The van der Waals surface area contributed by atoms with Crippen LogP contribution in [-0.4, -0.2) is 10.1 Å². The van der Waals surface area contributed by atoms with Gasteiger partial charge in [0.1, 0.15) is 0 Å². The third-order valence-electron chi connectivity index (χ3n) is 2.27. The highest BCUT2D eigenvalue weighted by molar-refractivity contribution is 8.20. The van der Waals surface area contributed by atoms with Crippen LogP contribution < -0.4 is 0 Å². The van der Waals surface area contributed by atoms with Gasteiger partial charge in [-0.15, -0.1) is 10.5 Å². The number of hydrogen-bond acceptors (Lipinski definition) is 0. The molecule has 0 spiro atoms. The summed E-state index contributed by atoms with van der Waals surface area (Å²) in [5.74, 6) is 0. The van der Waals surface area contributed by atoms with Crippen LogP contribution in [0.3, 0.4) is 0 Å². The van der Waals surface area contributed by atoms with Crippen LogP contribution in [0.5, 0.6) is 0 Å². The molecule has 0 amide bonds. The number of allylic oxidation sites excluding steroid dienone is 4. The van der Waals surface area contributed by atoms with Crippen molar-refractivity contribution in [3.05, 3.63) is 34.8 Å². The lowest BCUT2D eigenvalue weighted by atomic mass is 10.2. The Labute approximate surface area is 76.6 Å². The fraction of sp³-hybridized carbons (Fsp3) is 0.364. The molecular weight excluding hydrogens is 164 g/mol. The van der Waals surface area contributed by atoms with E-state index < -0.39 is 0 Å². The highest BCUT2D eigenvalue weighted by Crippen LogP contribution is 2.46. The summed E-state index contributed by atoms with van der Waals surface area (Å²) >= 11 is 0. The largest absolute Gasteiger partial charge is 0.149 e. The van der Waals surface area contributed by atoms with Gasteiger partial charge in [0.25, 0.3) is 0 Å². The zero-order valence-corrected chi connectivity index (χ0v) is 8.61. The van der Waals surface area contributed by atoms with Crippen molar-refractivity contribution in [3.63, 3.8) is 0 Å². The Hall–Kier alpha value is -0.560. The average molecular weight is 178 g/mol. The third kappa shape index (κ3) is 1.04. The summed E-state index contributed by atoms with van der Waals surface area (Å²) in [7, 11) is 0.394. The van der Waals surface area contributed by atoms with E-state index in [1.54, 1.807) is 9.77 Å². The lowest BCUT2D eigenvalue weighted by molar-refractivity contribution is 1.26. The van der Waals surface area contributed by atoms with Crippen LogP contribution in [0.15, 0.2) is 34.8 Å². The Balaban J connectivity index is 2.52. The standard InChI is InChI=1S/C11H14S/c1-8(2)12-9(3)7-10-5-4-6-11(10)12/h4-7,9H,1-3H3. The zero-order valence-electron chi connectivity index (χ0n) is 7.79. The molecular formula is C11H14S.